The van der Waals surface area contributed by atoms with Crippen molar-refractivity contribution in [2.75, 3.05) is 0 Å². The lowest BCUT2D eigenvalue weighted by atomic mass is 10.4. The van der Waals surface area contributed by atoms with Crippen molar-refractivity contribution in [1.82, 2.24) is 0 Å². The van der Waals surface area contributed by atoms with Crippen LogP contribution in [0.3, 0.4) is 0 Å². The van der Waals surface area contributed by atoms with Gasteiger partial charge in [0.05, 0.1) is 0 Å². The Morgan fingerprint density at radius 1 is 0.636 bits per heavy atom. The Balaban J connectivity index is 4.75. The molecule has 0 atom stereocenters. The molecule has 0 aromatic rings. The van der Waals surface area contributed by atoms with Crippen LogP contribution in [0.1, 0.15) is 0 Å². The van der Waals surface area contributed by atoms with Crippen LogP contribution in [0.2, 0.25) is 0 Å². The molecule has 0 radical (unpaired) electrons. The second kappa shape index (κ2) is 3.43. The van der Waals surface area contributed by atoms with Crippen LogP contribution in [-0.2, 0) is 0 Å². The molecule has 0 aliphatic rings. The molecule has 0 unspecified atom stereocenters. The lowest BCUT2D eigenvalue weighted by molar-refractivity contribution is 0.604. The van der Waals surface area contributed by atoms with Gasteiger partial charge in [0.2, 0.25) is 13.2 Å². The van der Waals surface area contributed by atoms with Gasteiger partial charge in [-0.15, -0.1) is 0 Å². The van der Waals surface area contributed by atoms with Crippen molar-refractivity contribution in [2.24, 2.45) is 11.5 Å². The highest BCUT2D eigenvalue weighted by atomic mass is 35.5. The zero-order chi connectivity index (χ0) is 9.50. The first-order valence-electron chi connectivity index (χ1n) is 2.21. The van der Waals surface area contributed by atoms with Crippen LogP contribution in [0, 0.1) is 0 Å². The molecule has 4 N–H and O–H groups in total. The number of hydrogen-bond acceptors (Lipinski definition) is 2. The summed E-state index contributed by atoms with van der Waals surface area (Å²) < 4.78 is -6.13. The van der Waals surface area contributed by atoms with Crippen molar-refractivity contribution in [2.45, 2.75) is 13.2 Å². The number of halogens is 6. The lowest BCUT2D eigenvalue weighted by Gasteiger charge is -2.35. The third kappa shape index (κ3) is 2.82. The standard InChI is InChI=1S/C3H4Cl6N2/c4-1(5,2(6,7)10)3(8,9)11/h10-11H2. The van der Waals surface area contributed by atoms with Gasteiger partial charge in [-0.25, -0.2) is 0 Å². The van der Waals surface area contributed by atoms with Gasteiger partial charge in [-0.2, -0.15) is 0 Å². The molecule has 0 saturated carbocycles. The maximum atomic E-state index is 5.48. The minimum Gasteiger partial charge on any atom is -0.297 e. The normalized spacial score (nSPS) is 15.3. The molecule has 0 aromatic carbocycles. The summed E-state index contributed by atoms with van der Waals surface area (Å²) in [4.78, 5) is 0. The number of alkyl halides is 6. The highest BCUT2D eigenvalue weighted by molar-refractivity contribution is 6.69. The Labute approximate surface area is 94.0 Å². The lowest BCUT2D eigenvalue weighted by Crippen LogP contribution is -2.58. The Kier molecular flexibility index (Phi) is 3.95. The van der Waals surface area contributed by atoms with Crippen molar-refractivity contribution >= 4 is 69.6 Å². The summed E-state index contributed by atoms with van der Waals surface area (Å²) in [7, 11) is 0. The fraction of sp³-hybridized carbons (Fsp3) is 1.00. The predicted molar refractivity (Wildman–Crippen MR) is 51.7 cm³/mol. The third-order valence-electron chi connectivity index (χ3n) is 0.837. The molecule has 0 heterocycles. The zero-order valence-electron chi connectivity index (χ0n) is 4.92. The molecule has 8 heteroatoms. The molecule has 68 valence electrons. The van der Waals surface area contributed by atoms with Crippen LogP contribution >= 0.6 is 69.6 Å². The van der Waals surface area contributed by atoms with E-state index in [-0.39, 0.29) is 0 Å². The van der Waals surface area contributed by atoms with E-state index in [9.17, 15) is 0 Å². The predicted octanol–water partition coefficient (Wildman–Crippen LogP) is 2.34. The number of rotatable bonds is 2. The molecule has 0 spiro atoms. The molecule has 0 saturated heterocycles. The van der Waals surface area contributed by atoms with Crippen LogP contribution in [0.15, 0.2) is 0 Å². The van der Waals surface area contributed by atoms with E-state index in [2.05, 4.69) is 0 Å². The van der Waals surface area contributed by atoms with Crippen molar-refractivity contribution in [3.8, 4) is 0 Å². The first kappa shape index (κ1) is 12.7. The van der Waals surface area contributed by atoms with Gasteiger partial charge in [0, 0.05) is 0 Å². The Bertz CT molecular complexity index is 127. The highest BCUT2D eigenvalue weighted by Crippen LogP contribution is 2.48. The number of hydrogen-bond donors (Lipinski definition) is 2. The van der Waals surface area contributed by atoms with Gasteiger partial charge in [-0.1, -0.05) is 69.6 Å². The summed E-state index contributed by atoms with van der Waals surface area (Å²) in [5, 5.41) is 0. The van der Waals surface area contributed by atoms with Gasteiger partial charge in [0.1, 0.15) is 0 Å². The summed E-state index contributed by atoms with van der Waals surface area (Å²) in [5.74, 6) is 0. The molecule has 0 aromatic heterocycles. The first-order valence-corrected chi connectivity index (χ1v) is 4.48. The summed E-state index contributed by atoms with van der Waals surface area (Å²) in [5.41, 5.74) is 10.2. The summed E-state index contributed by atoms with van der Waals surface area (Å²) in [6, 6.07) is 0. The van der Waals surface area contributed by atoms with Crippen LogP contribution in [-0.4, -0.2) is 13.2 Å². The molecular formula is C3H4Cl6N2. The van der Waals surface area contributed by atoms with E-state index < -0.39 is 13.2 Å². The van der Waals surface area contributed by atoms with Crippen molar-refractivity contribution in [3.63, 3.8) is 0 Å². The zero-order valence-corrected chi connectivity index (χ0v) is 9.46. The third-order valence-corrected chi connectivity index (χ3v) is 3.94. The number of nitrogens with two attached hydrogens (primary N) is 2. The van der Waals surface area contributed by atoms with Gasteiger partial charge < -0.3 is 0 Å². The molecule has 0 fully saturated rings. The maximum absolute atomic E-state index is 5.48. The summed E-state index contributed by atoms with van der Waals surface area (Å²) in [6.45, 7) is 0. The highest BCUT2D eigenvalue weighted by Gasteiger charge is 2.57. The Morgan fingerprint density at radius 2 is 0.818 bits per heavy atom. The van der Waals surface area contributed by atoms with E-state index in [4.69, 9.17) is 81.1 Å². The second-order valence-corrected chi connectivity index (χ2v) is 5.92. The summed E-state index contributed by atoms with van der Waals surface area (Å²) in [6.07, 6.45) is 0. The summed E-state index contributed by atoms with van der Waals surface area (Å²) >= 11 is 32.3. The van der Waals surface area contributed by atoms with Crippen LogP contribution < -0.4 is 11.5 Å². The van der Waals surface area contributed by atoms with Gasteiger partial charge in [0.15, 0.2) is 0 Å². The molecule has 0 aliphatic heterocycles. The monoisotopic (exact) mass is 278 g/mol. The molecule has 0 bridgehead atoms. The van der Waals surface area contributed by atoms with E-state index in [0.717, 1.165) is 0 Å². The fourth-order valence-electron chi connectivity index (χ4n) is 0.222. The van der Waals surface area contributed by atoms with Crippen molar-refractivity contribution < 1.29 is 0 Å². The minimum absolute atomic E-state index is 2.03. The SMILES string of the molecule is NC(Cl)(Cl)C(Cl)(Cl)C(N)(Cl)Cl. The van der Waals surface area contributed by atoms with E-state index in [0.29, 0.717) is 0 Å². The largest absolute Gasteiger partial charge is 0.297 e. The molecular weight excluding hydrogens is 277 g/mol. The van der Waals surface area contributed by atoms with E-state index in [1.807, 2.05) is 0 Å². The van der Waals surface area contributed by atoms with Crippen molar-refractivity contribution in [3.05, 3.63) is 0 Å². The van der Waals surface area contributed by atoms with Crippen molar-refractivity contribution in [1.29, 1.82) is 0 Å². The van der Waals surface area contributed by atoms with E-state index in [1.54, 1.807) is 0 Å². The first-order chi connectivity index (χ1) is 4.50. The average molecular weight is 281 g/mol. The van der Waals surface area contributed by atoms with Gasteiger partial charge >= 0.3 is 0 Å². The van der Waals surface area contributed by atoms with E-state index in [1.165, 1.54) is 0 Å². The average Bonchev–Trinajstić information content (AvgIpc) is 1.58. The van der Waals surface area contributed by atoms with Crippen LogP contribution in [0.5, 0.6) is 0 Å². The van der Waals surface area contributed by atoms with Gasteiger partial charge in [-0.05, 0) is 0 Å². The van der Waals surface area contributed by atoms with Crippen LogP contribution in [0.25, 0.3) is 0 Å². The maximum Gasteiger partial charge on any atom is 0.209 e. The minimum atomic E-state index is -2.06. The molecule has 0 rings (SSSR count). The van der Waals surface area contributed by atoms with Gasteiger partial charge in [0.25, 0.3) is 0 Å². The second-order valence-electron chi connectivity index (χ2n) is 1.82. The fourth-order valence-corrected chi connectivity index (χ4v) is 1.01. The Morgan fingerprint density at radius 3 is 0.818 bits per heavy atom. The molecule has 11 heavy (non-hydrogen) atoms. The Hall–Kier alpha value is 1.66. The smallest absolute Gasteiger partial charge is 0.209 e. The van der Waals surface area contributed by atoms with Gasteiger partial charge in [-0.3, -0.25) is 11.5 Å². The topological polar surface area (TPSA) is 52.0 Å². The molecule has 0 aliphatic carbocycles. The van der Waals surface area contributed by atoms with E-state index >= 15 is 0 Å². The molecule has 2 nitrogen and oxygen atoms in total. The quantitative estimate of drug-likeness (QED) is 0.603. The molecule has 0 amide bonds. The van der Waals surface area contributed by atoms with Crippen LogP contribution in [0.4, 0.5) is 0 Å².